The number of pyridine rings is 1. The number of fused-ring (bicyclic) bond motifs is 1. The van der Waals surface area contributed by atoms with Crippen LogP contribution in [0.4, 0.5) is 4.39 Å². The number of aromatic nitrogens is 3. The van der Waals surface area contributed by atoms with Gasteiger partial charge in [0.2, 0.25) is 5.91 Å². The molecule has 0 saturated carbocycles. The van der Waals surface area contributed by atoms with E-state index in [4.69, 9.17) is 0 Å². The Bertz CT molecular complexity index is 842. The Kier molecular flexibility index (Phi) is 4.87. The molecule has 0 aliphatic carbocycles. The standard InChI is InChI=1S/C19H22FN5O2/c20-14-4-5-15(21-11-14)10-18(26)24-8-3-9-25-17(13-24)16(12-22-25)19(27)23-6-1-2-7-23/h4-5,11-12H,1-3,6-10,13H2. The molecule has 4 heterocycles. The van der Waals surface area contributed by atoms with Crippen LogP contribution in [-0.2, 0) is 24.3 Å². The van der Waals surface area contributed by atoms with Crippen molar-refractivity contribution in [3.8, 4) is 0 Å². The summed E-state index contributed by atoms with van der Waals surface area (Å²) in [7, 11) is 0. The van der Waals surface area contributed by atoms with E-state index in [-0.39, 0.29) is 18.2 Å². The maximum absolute atomic E-state index is 13.0. The summed E-state index contributed by atoms with van der Waals surface area (Å²) in [6, 6.07) is 2.83. The predicted molar refractivity (Wildman–Crippen MR) is 95.3 cm³/mol. The van der Waals surface area contributed by atoms with Crippen LogP contribution in [0, 0.1) is 5.82 Å². The van der Waals surface area contributed by atoms with Gasteiger partial charge in [0, 0.05) is 31.9 Å². The number of likely N-dealkylation sites (tertiary alicyclic amines) is 1. The van der Waals surface area contributed by atoms with E-state index in [9.17, 15) is 14.0 Å². The van der Waals surface area contributed by atoms with E-state index in [1.165, 1.54) is 12.1 Å². The van der Waals surface area contributed by atoms with Crippen molar-refractivity contribution in [2.24, 2.45) is 0 Å². The summed E-state index contributed by atoms with van der Waals surface area (Å²) in [6.45, 7) is 3.20. The number of aryl methyl sites for hydroxylation is 1. The lowest BCUT2D eigenvalue weighted by Crippen LogP contribution is -2.33. The topological polar surface area (TPSA) is 71.3 Å². The molecule has 1 fully saturated rings. The number of rotatable bonds is 3. The molecule has 27 heavy (non-hydrogen) atoms. The monoisotopic (exact) mass is 371 g/mol. The smallest absolute Gasteiger partial charge is 0.257 e. The van der Waals surface area contributed by atoms with Crippen LogP contribution in [0.2, 0.25) is 0 Å². The highest BCUT2D eigenvalue weighted by atomic mass is 19.1. The third kappa shape index (κ3) is 3.70. The first-order chi connectivity index (χ1) is 13.1. The highest BCUT2D eigenvalue weighted by molar-refractivity contribution is 5.95. The van der Waals surface area contributed by atoms with Gasteiger partial charge in [0.25, 0.3) is 5.91 Å². The van der Waals surface area contributed by atoms with Crippen molar-refractivity contribution in [3.05, 3.63) is 47.3 Å². The summed E-state index contributed by atoms with van der Waals surface area (Å²) >= 11 is 0. The highest BCUT2D eigenvalue weighted by Gasteiger charge is 2.28. The van der Waals surface area contributed by atoms with Crippen molar-refractivity contribution in [2.45, 2.75) is 38.8 Å². The van der Waals surface area contributed by atoms with E-state index >= 15 is 0 Å². The van der Waals surface area contributed by atoms with Gasteiger partial charge in [0.1, 0.15) is 5.82 Å². The maximum atomic E-state index is 13.0. The van der Waals surface area contributed by atoms with Gasteiger partial charge in [-0.1, -0.05) is 0 Å². The average molecular weight is 371 g/mol. The molecule has 0 radical (unpaired) electrons. The molecule has 7 nitrogen and oxygen atoms in total. The molecule has 0 bridgehead atoms. The Morgan fingerprint density at radius 2 is 1.78 bits per heavy atom. The minimum Gasteiger partial charge on any atom is -0.339 e. The van der Waals surface area contributed by atoms with Gasteiger partial charge in [-0.2, -0.15) is 5.10 Å². The predicted octanol–water partition coefficient (Wildman–Crippen LogP) is 1.63. The van der Waals surface area contributed by atoms with Crippen molar-refractivity contribution < 1.29 is 14.0 Å². The first-order valence-corrected chi connectivity index (χ1v) is 9.34. The molecular formula is C19H22FN5O2. The van der Waals surface area contributed by atoms with Crippen LogP contribution >= 0.6 is 0 Å². The van der Waals surface area contributed by atoms with E-state index < -0.39 is 5.82 Å². The van der Waals surface area contributed by atoms with Crippen LogP contribution in [0.1, 0.15) is 41.0 Å². The van der Waals surface area contributed by atoms with Crippen molar-refractivity contribution in [1.29, 1.82) is 0 Å². The molecule has 2 aliphatic rings. The zero-order valence-electron chi connectivity index (χ0n) is 15.1. The zero-order valence-corrected chi connectivity index (χ0v) is 15.1. The van der Waals surface area contributed by atoms with E-state index in [1.807, 2.05) is 9.58 Å². The molecule has 2 aromatic rings. The molecule has 2 aromatic heterocycles. The number of carbonyl (C=O) groups is 2. The number of hydrogen-bond donors (Lipinski definition) is 0. The summed E-state index contributed by atoms with van der Waals surface area (Å²) in [5.74, 6) is -0.499. The van der Waals surface area contributed by atoms with Gasteiger partial charge in [-0.05, 0) is 31.4 Å². The van der Waals surface area contributed by atoms with E-state index in [1.54, 1.807) is 11.1 Å². The molecular weight excluding hydrogens is 349 g/mol. The second-order valence-corrected chi connectivity index (χ2v) is 7.04. The van der Waals surface area contributed by atoms with Gasteiger partial charge in [-0.25, -0.2) is 4.39 Å². The Hall–Kier alpha value is -2.77. The normalized spacial score (nSPS) is 16.9. The first kappa shape index (κ1) is 17.6. The minimum absolute atomic E-state index is 0.00301. The van der Waals surface area contributed by atoms with E-state index in [0.29, 0.717) is 30.9 Å². The first-order valence-electron chi connectivity index (χ1n) is 9.34. The summed E-state index contributed by atoms with van der Waals surface area (Å²) in [6.07, 6.45) is 5.70. The van der Waals surface area contributed by atoms with Crippen LogP contribution in [-0.4, -0.2) is 56.0 Å². The second kappa shape index (κ2) is 7.46. The minimum atomic E-state index is -0.421. The lowest BCUT2D eigenvalue weighted by atomic mass is 10.2. The fraction of sp³-hybridized carbons (Fsp3) is 0.474. The third-order valence-corrected chi connectivity index (χ3v) is 5.18. The van der Waals surface area contributed by atoms with Crippen LogP contribution in [0.3, 0.4) is 0 Å². The van der Waals surface area contributed by atoms with Crippen molar-refractivity contribution in [3.63, 3.8) is 0 Å². The molecule has 2 amide bonds. The van der Waals surface area contributed by atoms with E-state index in [2.05, 4.69) is 10.1 Å². The van der Waals surface area contributed by atoms with Gasteiger partial charge in [0.15, 0.2) is 0 Å². The summed E-state index contributed by atoms with van der Waals surface area (Å²) < 4.78 is 14.8. The maximum Gasteiger partial charge on any atom is 0.257 e. The number of carbonyl (C=O) groups excluding carboxylic acids is 2. The molecule has 1 saturated heterocycles. The van der Waals surface area contributed by atoms with Gasteiger partial charge in [-0.3, -0.25) is 19.3 Å². The lowest BCUT2D eigenvalue weighted by molar-refractivity contribution is -0.131. The molecule has 8 heteroatoms. The largest absolute Gasteiger partial charge is 0.339 e. The molecule has 0 aromatic carbocycles. The van der Waals surface area contributed by atoms with Crippen molar-refractivity contribution in [1.82, 2.24) is 24.6 Å². The van der Waals surface area contributed by atoms with Gasteiger partial charge >= 0.3 is 0 Å². The third-order valence-electron chi connectivity index (χ3n) is 5.18. The SMILES string of the molecule is O=C(Cc1ccc(F)cn1)N1CCCn2ncc(C(=O)N3CCCC3)c2C1. The number of hydrogen-bond acceptors (Lipinski definition) is 4. The fourth-order valence-corrected chi connectivity index (χ4v) is 3.70. The Morgan fingerprint density at radius 3 is 2.52 bits per heavy atom. The summed E-state index contributed by atoms with van der Waals surface area (Å²) in [5.41, 5.74) is 1.92. The van der Waals surface area contributed by atoms with Crippen LogP contribution < -0.4 is 0 Å². The van der Waals surface area contributed by atoms with Gasteiger partial charge < -0.3 is 9.80 Å². The average Bonchev–Trinajstić information content (AvgIpc) is 3.29. The van der Waals surface area contributed by atoms with Crippen LogP contribution in [0.5, 0.6) is 0 Å². The Balaban J connectivity index is 1.51. The molecule has 0 unspecified atom stereocenters. The van der Waals surface area contributed by atoms with Crippen molar-refractivity contribution >= 4 is 11.8 Å². The second-order valence-electron chi connectivity index (χ2n) is 7.04. The highest BCUT2D eigenvalue weighted by Crippen LogP contribution is 2.21. The molecule has 2 aliphatic heterocycles. The van der Waals surface area contributed by atoms with Gasteiger partial charge in [-0.15, -0.1) is 0 Å². The quantitative estimate of drug-likeness (QED) is 0.822. The number of halogens is 1. The molecule has 142 valence electrons. The fourth-order valence-electron chi connectivity index (χ4n) is 3.70. The van der Waals surface area contributed by atoms with Crippen molar-refractivity contribution in [2.75, 3.05) is 19.6 Å². The summed E-state index contributed by atoms with van der Waals surface area (Å²) in [5, 5.41) is 4.37. The number of nitrogens with zero attached hydrogens (tertiary/aromatic N) is 5. The molecule has 0 N–H and O–H groups in total. The molecule has 0 atom stereocenters. The molecule has 0 spiro atoms. The van der Waals surface area contributed by atoms with Gasteiger partial charge in [0.05, 0.1) is 36.6 Å². The van der Waals surface area contributed by atoms with Crippen LogP contribution in [0.15, 0.2) is 24.5 Å². The Morgan fingerprint density at radius 1 is 1.00 bits per heavy atom. The summed E-state index contributed by atoms with van der Waals surface area (Å²) in [4.78, 5) is 33.1. The molecule has 4 rings (SSSR count). The Labute approximate surface area is 156 Å². The van der Waals surface area contributed by atoms with E-state index in [0.717, 1.165) is 44.2 Å². The lowest BCUT2D eigenvalue weighted by Gasteiger charge is -2.21. The zero-order chi connectivity index (χ0) is 18.8. The number of amides is 2. The van der Waals surface area contributed by atoms with Crippen LogP contribution in [0.25, 0.3) is 0 Å².